The Morgan fingerprint density at radius 2 is 2.25 bits per heavy atom. The summed E-state index contributed by atoms with van der Waals surface area (Å²) in [5.74, 6) is 0.592. The van der Waals surface area contributed by atoms with Gasteiger partial charge in [-0.2, -0.15) is 0 Å². The highest BCUT2D eigenvalue weighted by molar-refractivity contribution is 5.36. The van der Waals surface area contributed by atoms with Gasteiger partial charge in [-0.3, -0.25) is 5.11 Å². The van der Waals surface area contributed by atoms with Gasteiger partial charge in [-0.25, -0.2) is 0 Å². The third-order valence-corrected chi connectivity index (χ3v) is 1.39. The molecule has 0 amide bonds. The van der Waals surface area contributed by atoms with Crippen LogP contribution in [0.2, 0.25) is 0 Å². The summed E-state index contributed by atoms with van der Waals surface area (Å²) in [6.07, 6.45) is 1.65. The van der Waals surface area contributed by atoms with E-state index in [0.717, 1.165) is 5.56 Å². The summed E-state index contributed by atoms with van der Waals surface area (Å²) in [7, 11) is 0. The predicted octanol–water partition coefficient (Wildman–Crippen LogP) is 2.70. The Hall–Kier alpha value is -1.44. The van der Waals surface area contributed by atoms with Crippen molar-refractivity contribution >= 4 is 0 Å². The van der Waals surface area contributed by atoms with E-state index < -0.39 is 0 Å². The van der Waals surface area contributed by atoms with Crippen LogP contribution in [0.25, 0.3) is 0 Å². The van der Waals surface area contributed by atoms with Crippen LogP contribution in [0.15, 0.2) is 30.9 Å². The molecule has 0 spiro atoms. The molecule has 0 N–H and O–H groups in total. The van der Waals surface area contributed by atoms with Gasteiger partial charge in [0.05, 0.1) is 0 Å². The van der Waals surface area contributed by atoms with Gasteiger partial charge < -0.3 is 4.74 Å². The standard InChI is InChI=1S/C10H11O2/c1-3-4-12-10-6-8(2)5-9(11)7-10/h3,5-7H,1,4H2,2H3. The fourth-order valence-corrected chi connectivity index (χ4v) is 0.952. The van der Waals surface area contributed by atoms with Crippen molar-refractivity contribution in [1.82, 2.24) is 0 Å². The Labute approximate surface area is 72.1 Å². The molecule has 0 heterocycles. The summed E-state index contributed by atoms with van der Waals surface area (Å²) in [5.41, 5.74) is 0.918. The Bertz CT molecular complexity index is 259. The smallest absolute Gasteiger partial charge is 0.182 e. The van der Waals surface area contributed by atoms with Crippen molar-refractivity contribution in [2.45, 2.75) is 6.92 Å². The Kier molecular flexibility index (Phi) is 2.75. The van der Waals surface area contributed by atoms with Crippen LogP contribution in [-0.4, -0.2) is 6.61 Å². The van der Waals surface area contributed by atoms with E-state index in [9.17, 15) is 5.11 Å². The van der Waals surface area contributed by atoms with Crippen molar-refractivity contribution in [1.29, 1.82) is 0 Å². The van der Waals surface area contributed by atoms with E-state index in [1.54, 1.807) is 12.1 Å². The third kappa shape index (κ3) is 2.31. The van der Waals surface area contributed by atoms with Crippen molar-refractivity contribution in [3.63, 3.8) is 0 Å². The molecule has 2 nitrogen and oxygen atoms in total. The first-order valence-corrected chi connectivity index (χ1v) is 3.75. The zero-order valence-electron chi connectivity index (χ0n) is 7.04. The molecule has 0 atom stereocenters. The summed E-state index contributed by atoms with van der Waals surface area (Å²) in [6, 6.07) is 4.86. The lowest BCUT2D eigenvalue weighted by atomic mass is 10.2. The van der Waals surface area contributed by atoms with Crippen molar-refractivity contribution in [2.75, 3.05) is 6.61 Å². The van der Waals surface area contributed by atoms with Crippen LogP contribution in [-0.2, 0) is 5.11 Å². The minimum atomic E-state index is -0.0194. The fourth-order valence-electron chi connectivity index (χ4n) is 0.952. The first kappa shape index (κ1) is 8.65. The number of rotatable bonds is 3. The maximum atomic E-state index is 11.0. The van der Waals surface area contributed by atoms with E-state index in [2.05, 4.69) is 6.58 Å². The monoisotopic (exact) mass is 163 g/mol. The quantitative estimate of drug-likeness (QED) is 0.630. The zero-order chi connectivity index (χ0) is 8.97. The molecule has 1 rings (SSSR count). The van der Waals surface area contributed by atoms with Gasteiger partial charge in [0.15, 0.2) is 5.75 Å². The van der Waals surface area contributed by atoms with Crippen molar-refractivity contribution in [3.05, 3.63) is 36.4 Å². The van der Waals surface area contributed by atoms with E-state index in [-0.39, 0.29) is 5.75 Å². The largest absolute Gasteiger partial charge is 0.489 e. The number of hydrogen-bond acceptors (Lipinski definition) is 1. The molecule has 0 saturated heterocycles. The molecule has 0 aliphatic heterocycles. The molecule has 1 aromatic carbocycles. The van der Waals surface area contributed by atoms with Gasteiger partial charge in [0, 0.05) is 6.07 Å². The average molecular weight is 163 g/mol. The summed E-state index contributed by atoms with van der Waals surface area (Å²) in [6.45, 7) is 5.81. The van der Waals surface area contributed by atoms with Gasteiger partial charge in [-0.15, -0.1) is 0 Å². The Morgan fingerprint density at radius 1 is 1.50 bits per heavy atom. The lowest BCUT2D eigenvalue weighted by molar-refractivity contribution is 0.338. The van der Waals surface area contributed by atoms with Gasteiger partial charge >= 0.3 is 0 Å². The SMILES string of the molecule is C=CCOc1cc(C)cc([O])c1. The number of aryl methyl sites for hydroxylation is 1. The van der Waals surface area contributed by atoms with Gasteiger partial charge in [0.1, 0.15) is 12.4 Å². The van der Waals surface area contributed by atoms with Crippen LogP contribution in [0.5, 0.6) is 11.5 Å². The fraction of sp³-hybridized carbons (Fsp3) is 0.200. The summed E-state index contributed by atoms with van der Waals surface area (Å²) < 4.78 is 5.20. The minimum absolute atomic E-state index is 0.0194. The van der Waals surface area contributed by atoms with Crippen LogP contribution in [0.1, 0.15) is 5.56 Å². The molecule has 63 valence electrons. The number of benzene rings is 1. The van der Waals surface area contributed by atoms with Crippen LogP contribution in [0.4, 0.5) is 0 Å². The van der Waals surface area contributed by atoms with E-state index in [4.69, 9.17) is 4.74 Å². The van der Waals surface area contributed by atoms with Gasteiger partial charge in [-0.05, 0) is 24.6 Å². The molecule has 1 aromatic rings. The third-order valence-electron chi connectivity index (χ3n) is 1.39. The highest BCUT2D eigenvalue weighted by atomic mass is 16.5. The van der Waals surface area contributed by atoms with Gasteiger partial charge in [-0.1, -0.05) is 12.7 Å². The van der Waals surface area contributed by atoms with Gasteiger partial charge in [0.25, 0.3) is 0 Å². The second-order valence-corrected chi connectivity index (χ2v) is 2.58. The lowest BCUT2D eigenvalue weighted by Gasteiger charge is -2.03. The van der Waals surface area contributed by atoms with Crippen LogP contribution < -0.4 is 4.74 Å². The lowest BCUT2D eigenvalue weighted by Crippen LogP contribution is -1.92. The molecule has 0 fully saturated rings. The molecule has 0 unspecified atom stereocenters. The maximum absolute atomic E-state index is 11.0. The van der Waals surface area contributed by atoms with E-state index in [1.165, 1.54) is 6.07 Å². The maximum Gasteiger partial charge on any atom is 0.182 e. The molecule has 12 heavy (non-hydrogen) atoms. The van der Waals surface area contributed by atoms with Crippen molar-refractivity contribution < 1.29 is 9.84 Å². The zero-order valence-corrected chi connectivity index (χ0v) is 7.04. The summed E-state index contributed by atoms with van der Waals surface area (Å²) in [4.78, 5) is 0. The molecule has 1 radical (unpaired) electrons. The van der Waals surface area contributed by atoms with E-state index in [0.29, 0.717) is 12.4 Å². The molecule has 0 aliphatic rings. The molecule has 0 aliphatic carbocycles. The second-order valence-electron chi connectivity index (χ2n) is 2.58. The first-order valence-electron chi connectivity index (χ1n) is 3.75. The Morgan fingerprint density at radius 3 is 2.83 bits per heavy atom. The van der Waals surface area contributed by atoms with Crippen molar-refractivity contribution in [3.8, 4) is 11.5 Å². The van der Waals surface area contributed by atoms with Crippen molar-refractivity contribution in [2.24, 2.45) is 0 Å². The summed E-state index contributed by atoms with van der Waals surface area (Å²) >= 11 is 0. The van der Waals surface area contributed by atoms with Gasteiger partial charge in [0.2, 0.25) is 0 Å². The summed E-state index contributed by atoms with van der Waals surface area (Å²) in [5, 5.41) is 11.0. The highest BCUT2D eigenvalue weighted by Crippen LogP contribution is 2.21. The topological polar surface area (TPSA) is 29.1 Å². The molecular weight excluding hydrogens is 152 g/mol. The second kappa shape index (κ2) is 3.81. The van der Waals surface area contributed by atoms with E-state index in [1.807, 2.05) is 13.0 Å². The van der Waals surface area contributed by atoms with Crippen LogP contribution in [0, 0.1) is 6.92 Å². The normalized spacial score (nSPS) is 9.42. The minimum Gasteiger partial charge on any atom is -0.489 e. The number of hydrogen-bond donors (Lipinski definition) is 0. The van der Waals surface area contributed by atoms with Crippen LogP contribution >= 0.6 is 0 Å². The molecule has 0 saturated carbocycles. The molecule has 0 bridgehead atoms. The van der Waals surface area contributed by atoms with E-state index >= 15 is 0 Å². The average Bonchev–Trinajstić information content (AvgIpc) is 1.99. The number of ether oxygens (including phenoxy) is 1. The predicted molar refractivity (Wildman–Crippen MR) is 47.0 cm³/mol. The first-order chi connectivity index (χ1) is 5.72. The molecular formula is C10H11O2. The molecule has 0 aromatic heterocycles. The van der Waals surface area contributed by atoms with Crippen LogP contribution in [0.3, 0.4) is 0 Å². The Balaban J connectivity index is 2.78. The highest BCUT2D eigenvalue weighted by Gasteiger charge is 1.97. The molecule has 2 heteroatoms.